The molecule has 0 aromatic rings. The zero-order valence-electron chi connectivity index (χ0n) is 4.67. The minimum Gasteiger partial charge on any atom is -0.356 e. The van der Waals surface area contributed by atoms with Crippen LogP contribution in [-0.4, -0.2) is 10.2 Å². The van der Waals surface area contributed by atoms with E-state index in [4.69, 9.17) is 21.2 Å². The van der Waals surface area contributed by atoms with Crippen LogP contribution in [0.2, 0.25) is 0 Å². The van der Waals surface area contributed by atoms with E-state index in [0.717, 1.165) is 5.12 Å². The number of nitrogens with zero attached hydrogens (tertiary/aromatic N) is 4. The van der Waals surface area contributed by atoms with Gasteiger partial charge in [0.2, 0.25) is 0 Å². The van der Waals surface area contributed by atoms with Crippen LogP contribution in [0, 0.1) is 21.5 Å². The Bertz CT molecular complexity index is 148. The number of hydrazine groups is 1. The van der Waals surface area contributed by atoms with E-state index in [-0.39, 0.29) is 0 Å². The molecule has 0 aliphatic carbocycles. The first-order valence-electron chi connectivity index (χ1n) is 1.98. The Kier molecular flexibility index (Phi) is 3.39. The molecule has 0 bridgehead atoms. The summed E-state index contributed by atoms with van der Waals surface area (Å²) in [7, 11) is 0. The van der Waals surface area contributed by atoms with Gasteiger partial charge in [0, 0.05) is 5.22 Å². The molecule has 1 rings (SSSR count). The molecule has 0 aromatic heterocycles. The zero-order valence-corrected chi connectivity index (χ0v) is 4.67. The van der Waals surface area contributed by atoms with E-state index >= 15 is 0 Å². The molecule has 0 saturated carbocycles. The highest BCUT2D eigenvalue weighted by Gasteiger charge is 2.03. The van der Waals surface area contributed by atoms with Crippen molar-refractivity contribution < 1.29 is 5.09 Å². The van der Waals surface area contributed by atoms with Crippen LogP contribution in [0.25, 0.3) is 0 Å². The molecular weight excluding hydrogens is 142 g/mol. The van der Waals surface area contributed by atoms with Gasteiger partial charge in [-0.25, -0.2) is 5.84 Å². The van der Waals surface area contributed by atoms with Crippen LogP contribution in [0.1, 0.15) is 0 Å². The van der Waals surface area contributed by atoms with Crippen molar-refractivity contribution in [3.63, 3.8) is 0 Å². The number of hydrogen-bond donors (Lipinski definition) is 1. The second kappa shape index (κ2) is 4.13. The van der Waals surface area contributed by atoms with Crippen molar-refractivity contribution in [3.05, 3.63) is 27.7 Å². The molecule has 0 atom stereocenters. The third-order valence-electron chi connectivity index (χ3n) is 0.396. The van der Waals surface area contributed by atoms with Gasteiger partial charge in [-0.1, -0.05) is 0 Å². The molecule has 1 heterocycles. The van der Waals surface area contributed by atoms with Crippen LogP contribution in [-0.2, 0) is 0 Å². The van der Waals surface area contributed by atoms with Crippen LogP contribution < -0.4 is 5.84 Å². The van der Waals surface area contributed by atoms with Gasteiger partial charge in [-0.3, -0.25) is 0 Å². The zero-order chi connectivity index (χ0) is 7.98. The van der Waals surface area contributed by atoms with E-state index in [2.05, 4.69) is 16.5 Å². The molecule has 0 amide bonds. The summed E-state index contributed by atoms with van der Waals surface area (Å²) in [6, 6.07) is 0. The molecule has 0 radical (unpaired) electrons. The molecule has 1 aliphatic rings. The summed E-state index contributed by atoms with van der Waals surface area (Å²) in [5.74, 6) is 4.99. The quantitative estimate of drug-likeness (QED) is 0.214. The van der Waals surface area contributed by atoms with E-state index in [1.165, 1.54) is 6.20 Å². The van der Waals surface area contributed by atoms with Gasteiger partial charge in [0.25, 0.3) is 0 Å². The van der Waals surface area contributed by atoms with Gasteiger partial charge < -0.3 is 15.3 Å². The minimum atomic E-state index is -1.75. The Labute approximate surface area is 55.3 Å². The highest BCUT2D eigenvalue weighted by molar-refractivity contribution is 4.69. The summed E-state index contributed by atoms with van der Waals surface area (Å²) < 4.78 is 0. The number of nitrogens with two attached hydrogens (primary N) is 1. The van der Waals surface area contributed by atoms with Crippen molar-refractivity contribution in [2.45, 2.75) is 0 Å². The van der Waals surface area contributed by atoms with Gasteiger partial charge >= 0.3 is 12.4 Å². The fourth-order valence-corrected chi connectivity index (χ4v) is 0.188. The molecule has 0 spiro atoms. The molecule has 0 saturated heterocycles. The van der Waals surface area contributed by atoms with Crippen molar-refractivity contribution in [1.29, 1.82) is 0 Å². The first-order valence-corrected chi connectivity index (χ1v) is 1.98. The van der Waals surface area contributed by atoms with Crippen LogP contribution in [0.4, 0.5) is 0 Å². The highest BCUT2D eigenvalue weighted by Crippen LogP contribution is 1.90. The lowest BCUT2D eigenvalue weighted by molar-refractivity contribution is -0.402. The van der Waals surface area contributed by atoms with Gasteiger partial charge in [0.1, 0.15) is 5.11 Å². The van der Waals surface area contributed by atoms with Crippen LogP contribution in [0.15, 0.2) is 16.5 Å². The average molecular weight is 145 g/mol. The lowest BCUT2D eigenvalue weighted by Gasteiger charge is -1.84. The number of rotatable bonds is 0. The largest absolute Gasteiger partial charge is 0.446 e. The third kappa shape index (κ3) is 6.21. The Balaban J connectivity index is 0.000000180. The standard InChI is InChI=1S/C2H3N4.NO3/c3-6-2-1-4-5-6;2-1(3)4/h2H,3H2;/q+1;-1. The molecular formula is C2H3N5O3. The van der Waals surface area contributed by atoms with E-state index in [0.29, 0.717) is 0 Å². The normalized spacial score (nSPS) is 11.9. The minimum absolute atomic E-state index is 1.08. The second-order valence-electron chi connectivity index (χ2n) is 1.05. The molecule has 8 nitrogen and oxygen atoms in total. The predicted octanol–water partition coefficient (Wildman–Crippen LogP) is -0.422. The van der Waals surface area contributed by atoms with Crippen molar-refractivity contribution in [2.75, 3.05) is 0 Å². The fourth-order valence-electron chi connectivity index (χ4n) is 0.188. The van der Waals surface area contributed by atoms with Crippen molar-refractivity contribution >= 4 is 0 Å². The number of hydrogen-bond acceptors (Lipinski definition) is 7. The van der Waals surface area contributed by atoms with Crippen molar-refractivity contribution in [3.8, 4) is 0 Å². The topological polar surface area (TPSA) is 120 Å². The van der Waals surface area contributed by atoms with E-state index < -0.39 is 5.09 Å². The van der Waals surface area contributed by atoms with Gasteiger partial charge in [-0.15, -0.1) is 5.12 Å². The lowest BCUT2D eigenvalue weighted by atomic mass is 11.0. The second-order valence-corrected chi connectivity index (χ2v) is 1.05. The summed E-state index contributed by atoms with van der Waals surface area (Å²) in [5.41, 5.74) is 0. The molecule has 1 aliphatic heterocycles. The van der Waals surface area contributed by atoms with Gasteiger partial charge in [0.15, 0.2) is 0 Å². The summed E-state index contributed by atoms with van der Waals surface area (Å²) >= 11 is 0. The van der Waals surface area contributed by atoms with Gasteiger partial charge in [-0.2, -0.15) is 0 Å². The smallest absolute Gasteiger partial charge is 0.356 e. The van der Waals surface area contributed by atoms with Crippen molar-refractivity contribution in [2.24, 2.45) is 16.2 Å². The first-order chi connectivity index (χ1) is 4.63. The molecule has 0 fully saturated rings. The van der Waals surface area contributed by atoms with E-state index in [1.54, 1.807) is 0 Å². The summed E-state index contributed by atoms with van der Waals surface area (Å²) in [6.45, 7) is 0. The Morgan fingerprint density at radius 1 is 1.70 bits per heavy atom. The molecule has 8 heteroatoms. The average Bonchev–Trinajstić information content (AvgIpc) is 2.15. The maximum absolute atomic E-state index is 8.25. The third-order valence-corrected chi connectivity index (χ3v) is 0.396. The Hall–Kier alpha value is -1.79. The fraction of sp³-hybridized carbons (Fsp3) is 0. The summed E-state index contributed by atoms with van der Waals surface area (Å²) in [5, 5.41) is 22.4. The van der Waals surface area contributed by atoms with E-state index in [1.807, 2.05) is 0 Å². The van der Waals surface area contributed by atoms with Gasteiger partial charge in [0.05, 0.1) is 5.09 Å². The Morgan fingerprint density at radius 3 is 2.30 bits per heavy atom. The SMILES string of the molecule is NN1C=[C+]N=N1.O=[N+]([O-])[O-]. The molecule has 0 aromatic carbocycles. The van der Waals surface area contributed by atoms with Crippen LogP contribution >= 0.6 is 0 Å². The Morgan fingerprint density at radius 2 is 2.20 bits per heavy atom. The molecule has 0 unspecified atom stereocenters. The monoisotopic (exact) mass is 145 g/mol. The van der Waals surface area contributed by atoms with E-state index in [9.17, 15) is 0 Å². The lowest BCUT2D eigenvalue weighted by Crippen LogP contribution is -2.14. The summed E-state index contributed by atoms with van der Waals surface area (Å²) in [4.78, 5) is 8.25. The maximum Gasteiger partial charge on any atom is 0.446 e. The van der Waals surface area contributed by atoms with Gasteiger partial charge in [-0.05, 0) is 0 Å². The summed E-state index contributed by atoms with van der Waals surface area (Å²) in [6.07, 6.45) is 3.84. The predicted molar refractivity (Wildman–Crippen MR) is 29.1 cm³/mol. The van der Waals surface area contributed by atoms with Crippen molar-refractivity contribution in [1.82, 2.24) is 5.12 Å². The molecule has 54 valence electrons. The first kappa shape index (κ1) is 8.21. The van der Waals surface area contributed by atoms with Crippen LogP contribution in [0.5, 0.6) is 0 Å². The van der Waals surface area contributed by atoms with Crippen LogP contribution in [0.3, 0.4) is 0 Å². The maximum atomic E-state index is 8.25. The highest BCUT2D eigenvalue weighted by atomic mass is 16.9. The molecule has 2 N–H and O–H groups in total. The molecule has 10 heavy (non-hydrogen) atoms.